The van der Waals surface area contributed by atoms with Crippen LogP contribution in [0.15, 0.2) is 29.1 Å². The lowest BCUT2D eigenvalue weighted by Gasteiger charge is -2.33. The van der Waals surface area contributed by atoms with Gasteiger partial charge in [-0.2, -0.15) is 0 Å². The van der Waals surface area contributed by atoms with Gasteiger partial charge in [0, 0.05) is 44.4 Å². The average molecular weight is 398 g/mol. The minimum atomic E-state index is -0.429. The van der Waals surface area contributed by atoms with Gasteiger partial charge in [-0.05, 0) is 13.1 Å². The van der Waals surface area contributed by atoms with Gasteiger partial charge in [-0.1, -0.05) is 0 Å². The summed E-state index contributed by atoms with van der Waals surface area (Å²) in [6, 6.07) is 6.41. The molecule has 0 unspecified atom stereocenters. The molecule has 1 fully saturated rings. The second-order valence-corrected chi connectivity index (χ2v) is 7.14. The van der Waals surface area contributed by atoms with Gasteiger partial charge in [-0.15, -0.1) is 0 Å². The first-order valence-electron chi connectivity index (χ1n) is 9.26. The van der Waals surface area contributed by atoms with Gasteiger partial charge in [0.05, 0.1) is 40.9 Å². The predicted molar refractivity (Wildman–Crippen MR) is 112 cm³/mol. The van der Waals surface area contributed by atoms with Crippen LogP contribution in [0.25, 0.3) is 21.8 Å². The molecule has 1 N–H and O–H groups in total. The molecule has 29 heavy (non-hydrogen) atoms. The van der Waals surface area contributed by atoms with E-state index in [9.17, 15) is 14.9 Å². The number of hydrogen-bond donors (Lipinski definition) is 1. The molecule has 0 amide bonds. The molecule has 0 radical (unpaired) electrons. The van der Waals surface area contributed by atoms with Crippen LogP contribution >= 0.6 is 0 Å². The van der Waals surface area contributed by atoms with E-state index in [-0.39, 0.29) is 16.5 Å². The Bertz CT molecular complexity index is 1170. The molecule has 0 spiro atoms. The molecule has 9 nitrogen and oxygen atoms in total. The maximum atomic E-state index is 13.2. The Morgan fingerprint density at radius 3 is 2.38 bits per heavy atom. The highest BCUT2D eigenvalue weighted by atomic mass is 16.6. The second kappa shape index (κ2) is 7.25. The van der Waals surface area contributed by atoms with Gasteiger partial charge in [0.2, 0.25) is 5.43 Å². The number of pyridine rings is 1. The number of hydrogen-bond acceptors (Lipinski definition) is 7. The largest absolute Gasteiger partial charge is 0.497 e. The van der Waals surface area contributed by atoms with E-state index in [1.54, 1.807) is 18.2 Å². The third kappa shape index (κ3) is 3.23. The van der Waals surface area contributed by atoms with Crippen LogP contribution in [0, 0.1) is 10.1 Å². The van der Waals surface area contributed by atoms with Gasteiger partial charge < -0.3 is 24.3 Å². The highest BCUT2D eigenvalue weighted by molar-refractivity contribution is 5.99. The van der Waals surface area contributed by atoms with E-state index in [4.69, 9.17) is 9.47 Å². The molecule has 1 saturated heterocycles. The molecule has 9 heteroatoms. The van der Waals surface area contributed by atoms with Crippen molar-refractivity contribution in [1.82, 2.24) is 9.88 Å². The number of nitro groups is 1. The minimum Gasteiger partial charge on any atom is -0.497 e. The number of aromatic nitrogens is 1. The average Bonchev–Trinajstić information content (AvgIpc) is 2.72. The standard InChI is InChI=1S/C20H22N4O5/c1-22-4-6-23(7-5-22)16-11-14-13(10-17(16)24(26)27)20(25)19-15(21-14)8-12(28-2)9-18(19)29-3/h8-11H,4-7H2,1-3H3,(H,21,25). The number of benzene rings is 2. The number of anilines is 1. The van der Waals surface area contributed by atoms with Crippen LogP contribution in [0.5, 0.6) is 11.5 Å². The molecule has 152 valence electrons. The summed E-state index contributed by atoms with van der Waals surface area (Å²) in [4.78, 5) is 31.9. The number of likely N-dealkylation sites (N-methyl/N-ethyl adjacent to an activating group) is 1. The molecule has 2 heterocycles. The van der Waals surface area contributed by atoms with E-state index in [1.807, 2.05) is 11.9 Å². The van der Waals surface area contributed by atoms with Crippen LogP contribution in [0.2, 0.25) is 0 Å². The van der Waals surface area contributed by atoms with Crippen molar-refractivity contribution in [2.45, 2.75) is 0 Å². The van der Waals surface area contributed by atoms with Gasteiger partial charge in [0.15, 0.2) is 0 Å². The van der Waals surface area contributed by atoms with Gasteiger partial charge in [0.25, 0.3) is 5.69 Å². The number of rotatable bonds is 4. The van der Waals surface area contributed by atoms with Crippen molar-refractivity contribution in [2.24, 2.45) is 0 Å². The summed E-state index contributed by atoms with van der Waals surface area (Å²) in [6.45, 7) is 3.00. The van der Waals surface area contributed by atoms with Crippen LogP contribution in [-0.2, 0) is 0 Å². The predicted octanol–water partition coefficient (Wildman–Crippen LogP) is 2.36. The van der Waals surface area contributed by atoms with E-state index in [0.29, 0.717) is 46.7 Å². The Morgan fingerprint density at radius 2 is 1.76 bits per heavy atom. The van der Waals surface area contributed by atoms with Crippen molar-refractivity contribution in [3.8, 4) is 11.5 Å². The number of nitrogens with one attached hydrogen (secondary N) is 1. The number of fused-ring (bicyclic) bond motifs is 2. The maximum absolute atomic E-state index is 13.2. The zero-order chi connectivity index (χ0) is 20.7. The van der Waals surface area contributed by atoms with Gasteiger partial charge in [0.1, 0.15) is 17.2 Å². The molecule has 0 bridgehead atoms. The molecule has 0 aliphatic carbocycles. The fourth-order valence-corrected chi connectivity index (χ4v) is 3.80. The van der Waals surface area contributed by atoms with Crippen LogP contribution < -0.4 is 19.8 Å². The summed E-state index contributed by atoms with van der Waals surface area (Å²) in [7, 11) is 5.03. The first-order chi connectivity index (χ1) is 13.9. The Hall–Kier alpha value is -3.33. The molecule has 2 aromatic carbocycles. The summed E-state index contributed by atoms with van der Waals surface area (Å²) in [5, 5.41) is 12.4. The smallest absolute Gasteiger partial charge is 0.293 e. The third-order valence-corrected chi connectivity index (χ3v) is 5.43. The number of methoxy groups -OCH3 is 2. The minimum absolute atomic E-state index is 0.0700. The third-order valence-electron chi connectivity index (χ3n) is 5.43. The molecule has 1 aliphatic rings. The van der Waals surface area contributed by atoms with Gasteiger partial charge in [-0.3, -0.25) is 14.9 Å². The Balaban J connectivity index is 1.99. The molecule has 1 aromatic heterocycles. The Labute approximate surface area is 166 Å². The number of nitrogens with zero attached hydrogens (tertiary/aromatic N) is 3. The topological polar surface area (TPSA) is 101 Å². The van der Waals surface area contributed by atoms with Gasteiger partial charge in [-0.25, -0.2) is 0 Å². The van der Waals surface area contributed by atoms with Crippen LogP contribution in [0.3, 0.4) is 0 Å². The van der Waals surface area contributed by atoms with E-state index in [2.05, 4.69) is 9.88 Å². The summed E-state index contributed by atoms with van der Waals surface area (Å²) in [5.74, 6) is 0.902. The van der Waals surface area contributed by atoms with E-state index in [0.717, 1.165) is 13.1 Å². The lowest BCUT2D eigenvalue weighted by Crippen LogP contribution is -2.44. The first-order valence-corrected chi connectivity index (χ1v) is 9.26. The molecule has 3 aromatic rings. The molecule has 0 atom stereocenters. The fourth-order valence-electron chi connectivity index (χ4n) is 3.80. The molecule has 0 saturated carbocycles. The molecule has 1 aliphatic heterocycles. The van der Waals surface area contributed by atoms with Crippen molar-refractivity contribution in [3.05, 3.63) is 44.6 Å². The number of piperazine rings is 1. The Morgan fingerprint density at radius 1 is 1.03 bits per heavy atom. The van der Waals surface area contributed by atoms with Crippen molar-refractivity contribution in [3.63, 3.8) is 0 Å². The SMILES string of the molecule is COc1cc(OC)c2c(=O)c3cc([N+](=O)[O-])c(N4CCN(C)CC4)cc3[nH]c2c1. The van der Waals surface area contributed by atoms with Crippen LogP contribution in [0.1, 0.15) is 0 Å². The lowest BCUT2D eigenvalue weighted by atomic mass is 10.1. The van der Waals surface area contributed by atoms with E-state index in [1.165, 1.54) is 20.3 Å². The van der Waals surface area contributed by atoms with E-state index < -0.39 is 4.92 Å². The first kappa shape index (κ1) is 19.0. The summed E-state index contributed by atoms with van der Waals surface area (Å²) >= 11 is 0. The highest BCUT2D eigenvalue weighted by Crippen LogP contribution is 2.35. The maximum Gasteiger partial charge on any atom is 0.293 e. The van der Waals surface area contributed by atoms with Gasteiger partial charge >= 0.3 is 0 Å². The molecule has 4 rings (SSSR count). The zero-order valence-electron chi connectivity index (χ0n) is 16.5. The van der Waals surface area contributed by atoms with E-state index >= 15 is 0 Å². The molecular formula is C20H22N4O5. The monoisotopic (exact) mass is 398 g/mol. The number of H-pyrrole nitrogens is 1. The van der Waals surface area contributed by atoms with Crippen molar-refractivity contribution < 1.29 is 14.4 Å². The van der Waals surface area contributed by atoms with Crippen molar-refractivity contribution in [2.75, 3.05) is 52.3 Å². The summed E-state index contributed by atoms with van der Waals surface area (Å²) < 4.78 is 10.7. The second-order valence-electron chi connectivity index (χ2n) is 7.14. The Kier molecular flexibility index (Phi) is 4.75. The normalized spacial score (nSPS) is 15.1. The number of ether oxygens (including phenoxy) is 2. The van der Waals surface area contributed by atoms with Crippen molar-refractivity contribution >= 4 is 33.2 Å². The summed E-state index contributed by atoms with van der Waals surface area (Å²) in [6.07, 6.45) is 0. The fraction of sp³-hybridized carbons (Fsp3) is 0.350. The van der Waals surface area contributed by atoms with Crippen LogP contribution in [-0.4, -0.2) is 62.3 Å². The van der Waals surface area contributed by atoms with Crippen LogP contribution in [0.4, 0.5) is 11.4 Å². The number of aromatic amines is 1. The highest BCUT2D eigenvalue weighted by Gasteiger charge is 2.25. The quantitative estimate of drug-likeness (QED) is 0.409. The lowest BCUT2D eigenvalue weighted by molar-refractivity contribution is -0.384. The summed E-state index contributed by atoms with van der Waals surface area (Å²) in [5.41, 5.74) is 1.22. The van der Waals surface area contributed by atoms with Crippen molar-refractivity contribution in [1.29, 1.82) is 0 Å². The molecular weight excluding hydrogens is 376 g/mol. The zero-order valence-corrected chi connectivity index (χ0v) is 16.5. The number of nitro benzene ring substituents is 1.